The highest BCUT2D eigenvalue weighted by Gasteiger charge is 2.38. The van der Waals surface area contributed by atoms with Gasteiger partial charge in [0.05, 0.1) is 0 Å². The fourth-order valence-corrected chi connectivity index (χ4v) is 1.41. The van der Waals surface area contributed by atoms with Gasteiger partial charge in [-0.05, 0) is 12.5 Å². The summed E-state index contributed by atoms with van der Waals surface area (Å²) in [6, 6.07) is 2.76. The Morgan fingerprint density at radius 2 is 2.00 bits per heavy atom. The zero-order chi connectivity index (χ0) is 13.1. The van der Waals surface area contributed by atoms with Crippen LogP contribution in [0.1, 0.15) is 28.8 Å². The molecule has 0 atom stereocenters. The molecule has 0 saturated carbocycles. The molecule has 0 heterocycles. The average Bonchev–Trinajstić information content (AvgIpc) is 2.23. The number of Topliss-reactive ketones (excluding diaryl/α,β-unsaturated/α-hetero) is 1. The number of allylic oxidation sites excluding steroid dienone is 1. The smallest absolute Gasteiger partial charge is 0.294 e. The zero-order valence-electron chi connectivity index (χ0n) is 8.85. The number of carbonyl (C=O) groups is 1. The Kier molecular flexibility index (Phi) is 4.04. The summed E-state index contributed by atoms with van der Waals surface area (Å²) in [5.74, 6) is -2.17. The van der Waals surface area contributed by atoms with Gasteiger partial charge < -0.3 is 0 Å². The summed E-state index contributed by atoms with van der Waals surface area (Å²) >= 11 is 0. The van der Waals surface area contributed by atoms with Gasteiger partial charge in [0.1, 0.15) is 11.4 Å². The summed E-state index contributed by atoms with van der Waals surface area (Å²) in [7, 11) is 0. The number of ketones is 1. The largest absolute Gasteiger partial charge is 0.419 e. The van der Waals surface area contributed by atoms with E-state index in [2.05, 4.69) is 6.58 Å². The second-order valence-electron chi connectivity index (χ2n) is 3.41. The average molecular weight is 246 g/mol. The van der Waals surface area contributed by atoms with Crippen molar-refractivity contribution < 1.29 is 22.4 Å². The molecule has 0 aromatic heterocycles. The van der Waals surface area contributed by atoms with E-state index in [4.69, 9.17) is 0 Å². The van der Waals surface area contributed by atoms with Crippen LogP contribution in [0.4, 0.5) is 17.6 Å². The quantitative estimate of drug-likeness (QED) is 0.446. The molecule has 1 aromatic carbocycles. The molecular formula is C12H10F4O. The number of benzene rings is 1. The van der Waals surface area contributed by atoms with E-state index in [1.54, 1.807) is 0 Å². The number of alkyl halides is 3. The van der Waals surface area contributed by atoms with E-state index in [-0.39, 0.29) is 12.8 Å². The molecule has 0 N–H and O–H groups in total. The van der Waals surface area contributed by atoms with Crippen LogP contribution in [0.25, 0.3) is 0 Å². The minimum atomic E-state index is -4.87. The molecule has 0 aliphatic rings. The van der Waals surface area contributed by atoms with Crippen molar-refractivity contribution >= 4 is 5.78 Å². The summed E-state index contributed by atoms with van der Waals surface area (Å²) in [5.41, 5.74) is -2.12. The van der Waals surface area contributed by atoms with Crippen molar-refractivity contribution in [1.82, 2.24) is 0 Å². The Hall–Kier alpha value is -1.65. The van der Waals surface area contributed by atoms with Gasteiger partial charge in [0.2, 0.25) is 0 Å². The van der Waals surface area contributed by atoms with E-state index >= 15 is 0 Å². The van der Waals surface area contributed by atoms with E-state index in [0.717, 1.165) is 12.1 Å². The van der Waals surface area contributed by atoms with E-state index in [0.29, 0.717) is 6.07 Å². The lowest BCUT2D eigenvalue weighted by Gasteiger charge is -2.12. The minimum Gasteiger partial charge on any atom is -0.294 e. The van der Waals surface area contributed by atoms with E-state index in [1.807, 2.05) is 0 Å². The lowest BCUT2D eigenvalue weighted by Crippen LogP contribution is -2.15. The Morgan fingerprint density at radius 3 is 2.53 bits per heavy atom. The van der Waals surface area contributed by atoms with E-state index in [9.17, 15) is 22.4 Å². The molecule has 0 aliphatic carbocycles. The molecule has 0 bridgehead atoms. The van der Waals surface area contributed by atoms with E-state index in [1.165, 1.54) is 6.08 Å². The van der Waals surface area contributed by atoms with Crippen LogP contribution >= 0.6 is 0 Å². The lowest BCUT2D eigenvalue weighted by atomic mass is 9.99. The number of hydrogen-bond donors (Lipinski definition) is 0. The van der Waals surface area contributed by atoms with Crippen LogP contribution in [-0.2, 0) is 6.18 Å². The molecule has 0 fully saturated rings. The first-order chi connectivity index (χ1) is 7.88. The predicted molar refractivity (Wildman–Crippen MR) is 55.2 cm³/mol. The maximum absolute atomic E-state index is 13.1. The molecular weight excluding hydrogens is 236 g/mol. The summed E-state index contributed by atoms with van der Waals surface area (Å²) in [4.78, 5) is 11.5. The van der Waals surface area contributed by atoms with Gasteiger partial charge in [-0.15, -0.1) is 6.58 Å². The van der Waals surface area contributed by atoms with Gasteiger partial charge in [-0.25, -0.2) is 4.39 Å². The fraction of sp³-hybridized carbons (Fsp3) is 0.250. The predicted octanol–water partition coefficient (Wildman–Crippen LogP) is 3.99. The lowest BCUT2D eigenvalue weighted by molar-refractivity contribution is -0.140. The summed E-state index contributed by atoms with van der Waals surface area (Å²) in [6.07, 6.45) is -3.31. The van der Waals surface area contributed by atoms with E-state index < -0.39 is 28.9 Å². The van der Waals surface area contributed by atoms with Gasteiger partial charge in [-0.2, -0.15) is 13.2 Å². The third-order valence-corrected chi connectivity index (χ3v) is 2.17. The molecule has 0 aliphatic heterocycles. The first-order valence-electron chi connectivity index (χ1n) is 4.87. The molecule has 17 heavy (non-hydrogen) atoms. The van der Waals surface area contributed by atoms with Crippen molar-refractivity contribution in [3.8, 4) is 0 Å². The Labute approximate surface area is 95.8 Å². The molecule has 0 unspecified atom stereocenters. The van der Waals surface area contributed by atoms with Gasteiger partial charge in [0.15, 0.2) is 5.78 Å². The van der Waals surface area contributed by atoms with Gasteiger partial charge in [-0.3, -0.25) is 4.79 Å². The van der Waals surface area contributed by atoms with Crippen molar-refractivity contribution in [2.45, 2.75) is 19.0 Å². The first-order valence-corrected chi connectivity index (χ1v) is 4.87. The third-order valence-electron chi connectivity index (χ3n) is 2.17. The highest BCUT2D eigenvalue weighted by molar-refractivity contribution is 5.97. The van der Waals surface area contributed by atoms with Gasteiger partial charge in [0.25, 0.3) is 0 Å². The van der Waals surface area contributed by atoms with Gasteiger partial charge in [-0.1, -0.05) is 18.2 Å². The number of halogens is 4. The maximum atomic E-state index is 13.1. The Balaban J connectivity index is 3.20. The van der Waals surface area contributed by atoms with Gasteiger partial charge >= 0.3 is 6.18 Å². The number of carbonyl (C=O) groups excluding carboxylic acids is 1. The molecule has 0 spiro atoms. The highest BCUT2D eigenvalue weighted by Crippen LogP contribution is 2.34. The van der Waals surface area contributed by atoms with Crippen molar-refractivity contribution in [2.75, 3.05) is 0 Å². The topological polar surface area (TPSA) is 17.1 Å². The van der Waals surface area contributed by atoms with Crippen LogP contribution in [-0.4, -0.2) is 5.78 Å². The minimum absolute atomic E-state index is 0.115. The van der Waals surface area contributed by atoms with Gasteiger partial charge in [0, 0.05) is 12.0 Å². The molecule has 0 radical (unpaired) electrons. The number of rotatable bonds is 4. The molecule has 1 nitrogen and oxygen atoms in total. The van der Waals surface area contributed by atoms with Crippen molar-refractivity contribution in [2.24, 2.45) is 0 Å². The molecule has 0 amide bonds. The third kappa shape index (κ3) is 3.15. The summed E-state index contributed by atoms with van der Waals surface area (Å²) in [5, 5.41) is 0. The van der Waals surface area contributed by atoms with Crippen molar-refractivity contribution in [3.63, 3.8) is 0 Å². The summed E-state index contributed by atoms with van der Waals surface area (Å²) < 4.78 is 50.9. The maximum Gasteiger partial charge on any atom is 0.419 e. The van der Waals surface area contributed by atoms with Crippen LogP contribution in [0.2, 0.25) is 0 Å². The highest BCUT2D eigenvalue weighted by atomic mass is 19.4. The molecule has 1 rings (SSSR count). The van der Waals surface area contributed by atoms with Crippen LogP contribution in [0.3, 0.4) is 0 Å². The molecule has 5 heteroatoms. The van der Waals surface area contributed by atoms with Crippen LogP contribution in [0.5, 0.6) is 0 Å². The van der Waals surface area contributed by atoms with Crippen LogP contribution in [0, 0.1) is 5.82 Å². The zero-order valence-corrected chi connectivity index (χ0v) is 8.85. The summed E-state index contributed by atoms with van der Waals surface area (Å²) in [6.45, 7) is 3.37. The standard InChI is InChI=1S/C12H10F4O/c1-2-3-7-10(17)8-5-4-6-9(13)11(8)12(14,15)16/h2,4-6H,1,3,7H2. The fourth-order valence-electron chi connectivity index (χ4n) is 1.41. The normalized spacial score (nSPS) is 11.3. The number of hydrogen-bond acceptors (Lipinski definition) is 1. The Bertz CT molecular complexity index is 435. The van der Waals surface area contributed by atoms with Crippen molar-refractivity contribution in [1.29, 1.82) is 0 Å². The SMILES string of the molecule is C=CCCC(=O)c1cccc(F)c1C(F)(F)F. The molecule has 0 saturated heterocycles. The van der Waals surface area contributed by atoms with Crippen LogP contribution in [0.15, 0.2) is 30.9 Å². The van der Waals surface area contributed by atoms with Crippen molar-refractivity contribution in [3.05, 3.63) is 47.8 Å². The second-order valence-corrected chi connectivity index (χ2v) is 3.41. The molecule has 92 valence electrons. The second kappa shape index (κ2) is 5.12. The Morgan fingerprint density at radius 1 is 1.35 bits per heavy atom. The molecule has 1 aromatic rings. The monoisotopic (exact) mass is 246 g/mol. The first kappa shape index (κ1) is 13.4. The van der Waals surface area contributed by atoms with Crippen LogP contribution < -0.4 is 0 Å².